The SMILES string of the molecule is O=C(N/N=C/c1cc(Br)ccc1O)c1ccc2nc(-c3ccccc3)[nH]c2c1. The summed E-state index contributed by atoms with van der Waals surface area (Å²) in [6.07, 6.45) is 1.39. The second kappa shape index (κ2) is 7.66. The van der Waals surface area contributed by atoms with Crippen LogP contribution in [0.5, 0.6) is 5.75 Å². The standard InChI is InChI=1S/C21H15BrN4O2/c22-16-7-9-19(27)15(10-16)12-23-26-21(28)14-6-8-17-18(11-14)25-20(24-17)13-4-2-1-3-5-13/h1-12,27H,(H,24,25)(H,26,28)/b23-12+. The molecule has 4 aromatic rings. The predicted molar refractivity (Wildman–Crippen MR) is 112 cm³/mol. The summed E-state index contributed by atoms with van der Waals surface area (Å²) in [6, 6.07) is 20.0. The number of benzene rings is 3. The number of H-pyrrole nitrogens is 1. The van der Waals surface area contributed by atoms with Crippen LogP contribution in [-0.4, -0.2) is 27.2 Å². The fourth-order valence-corrected chi connectivity index (χ4v) is 3.12. The Labute approximate surface area is 169 Å². The lowest BCUT2D eigenvalue weighted by atomic mass is 10.2. The lowest BCUT2D eigenvalue weighted by Crippen LogP contribution is -2.17. The number of aromatic nitrogens is 2. The number of imidazole rings is 1. The molecule has 1 amide bonds. The van der Waals surface area contributed by atoms with Crippen LogP contribution in [-0.2, 0) is 0 Å². The summed E-state index contributed by atoms with van der Waals surface area (Å²) in [5.74, 6) is 0.466. The van der Waals surface area contributed by atoms with E-state index in [2.05, 4.69) is 36.4 Å². The van der Waals surface area contributed by atoms with Gasteiger partial charge in [0, 0.05) is 21.2 Å². The van der Waals surface area contributed by atoms with Crippen molar-refractivity contribution in [1.82, 2.24) is 15.4 Å². The molecule has 1 heterocycles. The molecule has 4 rings (SSSR count). The number of hydrazone groups is 1. The summed E-state index contributed by atoms with van der Waals surface area (Å²) < 4.78 is 0.803. The monoisotopic (exact) mass is 434 g/mol. The molecule has 0 aliphatic heterocycles. The van der Waals surface area contributed by atoms with Crippen LogP contribution >= 0.6 is 15.9 Å². The first-order valence-electron chi connectivity index (χ1n) is 8.47. The number of carbonyl (C=O) groups is 1. The topological polar surface area (TPSA) is 90.4 Å². The molecule has 28 heavy (non-hydrogen) atoms. The Kier molecular flexibility index (Phi) is 4.90. The molecule has 0 unspecified atom stereocenters. The van der Waals surface area contributed by atoms with Crippen molar-refractivity contribution in [2.45, 2.75) is 0 Å². The third-order valence-corrected chi connectivity index (χ3v) is 4.64. The zero-order chi connectivity index (χ0) is 19.5. The fourth-order valence-electron chi connectivity index (χ4n) is 2.74. The molecule has 0 saturated heterocycles. The summed E-state index contributed by atoms with van der Waals surface area (Å²) in [4.78, 5) is 20.2. The van der Waals surface area contributed by atoms with Crippen molar-refractivity contribution < 1.29 is 9.90 Å². The molecule has 6 nitrogen and oxygen atoms in total. The third-order valence-electron chi connectivity index (χ3n) is 4.15. The molecule has 0 saturated carbocycles. The van der Waals surface area contributed by atoms with E-state index >= 15 is 0 Å². The van der Waals surface area contributed by atoms with Gasteiger partial charge in [-0.2, -0.15) is 5.10 Å². The smallest absolute Gasteiger partial charge is 0.271 e. The molecule has 0 aliphatic rings. The second-order valence-corrected chi connectivity index (χ2v) is 7.00. The molecule has 0 radical (unpaired) electrons. The fraction of sp³-hybridized carbons (Fsp3) is 0. The van der Waals surface area contributed by atoms with Crippen molar-refractivity contribution in [2.24, 2.45) is 5.10 Å². The van der Waals surface area contributed by atoms with Gasteiger partial charge in [-0.3, -0.25) is 4.79 Å². The highest BCUT2D eigenvalue weighted by Crippen LogP contribution is 2.21. The van der Waals surface area contributed by atoms with E-state index in [4.69, 9.17) is 0 Å². The zero-order valence-corrected chi connectivity index (χ0v) is 16.1. The predicted octanol–water partition coefficient (Wildman–Crippen LogP) is 4.46. The summed E-state index contributed by atoms with van der Waals surface area (Å²) >= 11 is 3.33. The quantitative estimate of drug-likeness (QED) is 0.327. The van der Waals surface area contributed by atoms with E-state index in [-0.39, 0.29) is 11.7 Å². The largest absolute Gasteiger partial charge is 0.507 e. The van der Waals surface area contributed by atoms with E-state index in [1.807, 2.05) is 30.3 Å². The van der Waals surface area contributed by atoms with Gasteiger partial charge in [0.2, 0.25) is 0 Å². The first-order chi connectivity index (χ1) is 13.6. The molecule has 0 fully saturated rings. The van der Waals surface area contributed by atoms with Crippen LogP contribution in [0.2, 0.25) is 0 Å². The van der Waals surface area contributed by atoms with Crippen LogP contribution in [0.1, 0.15) is 15.9 Å². The van der Waals surface area contributed by atoms with Crippen molar-refractivity contribution in [1.29, 1.82) is 0 Å². The van der Waals surface area contributed by atoms with Gasteiger partial charge in [-0.05, 0) is 36.4 Å². The number of fused-ring (bicyclic) bond motifs is 1. The van der Waals surface area contributed by atoms with Crippen LogP contribution in [0.3, 0.4) is 0 Å². The van der Waals surface area contributed by atoms with Crippen LogP contribution < -0.4 is 5.43 Å². The lowest BCUT2D eigenvalue weighted by molar-refractivity contribution is 0.0955. The van der Waals surface area contributed by atoms with Gasteiger partial charge in [-0.15, -0.1) is 0 Å². The second-order valence-electron chi connectivity index (χ2n) is 6.09. The molecule has 0 aliphatic carbocycles. The number of nitrogens with one attached hydrogen (secondary N) is 2. The Hall–Kier alpha value is -3.45. The Morgan fingerprint density at radius 1 is 1.11 bits per heavy atom. The first kappa shape index (κ1) is 17.9. The van der Waals surface area contributed by atoms with E-state index in [1.165, 1.54) is 6.21 Å². The average molecular weight is 435 g/mol. The number of aromatic hydroxyl groups is 1. The lowest BCUT2D eigenvalue weighted by Gasteiger charge is -2.01. The number of hydrogen-bond acceptors (Lipinski definition) is 4. The number of carbonyl (C=O) groups excluding carboxylic acids is 1. The van der Waals surface area contributed by atoms with Crippen molar-refractivity contribution in [3.63, 3.8) is 0 Å². The van der Waals surface area contributed by atoms with E-state index < -0.39 is 0 Å². The van der Waals surface area contributed by atoms with Gasteiger partial charge in [0.25, 0.3) is 5.91 Å². The zero-order valence-electron chi connectivity index (χ0n) is 14.6. The minimum atomic E-state index is -0.358. The summed E-state index contributed by atoms with van der Waals surface area (Å²) in [6.45, 7) is 0. The molecule has 7 heteroatoms. The van der Waals surface area contributed by atoms with Crippen molar-refractivity contribution in [3.8, 4) is 17.1 Å². The minimum absolute atomic E-state index is 0.0773. The van der Waals surface area contributed by atoms with Gasteiger partial charge in [-0.25, -0.2) is 10.4 Å². The van der Waals surface area contributed by atoms with Crippen LogP contribution in [0.25, 0.3) is 22.4 Å². The van der Waals surface area contributed by atoms with Gasteiger partial charge >= 0.3 is 0 Å². The van der Waals surface area contributed by atoms with E-state index in [0.29, 0.717) is 11.1 Å². The van der Waals surface area contributed by atoms with Crippen molar-refractivity contribution >= 4 is 39.1 Å². The molecule has 3 N–H and O–H groups in total. The normalized spacial score (nSPS) is 11.2. The summed E-state index contributed by atoms with van der Waals surface area (Å²) in [7, 11) is 0. The molecule has 138 valence electrons. The highest BCUT2D eigenvalue weighted by atomic mass is 79.9. The summed E-state index contributed by atoms with van der Waals surface area (Å²) in [5, 5.41) is 13.7. The van der Waals surface area contributed by atoms with Gasteiger partial charge in [0.15, 0.2) is 0 Å². The van der Waals surface area contributed by atoms with Crippen LogP contribution in [0.15, 0.2) is 76.3 Å². The van der Waals surface area contributed by atoms with Gasteiger partial charge in [-0.1, -0.05) is 46.3 Å². The molecule has 3 aromatic carbocycles. The number of phenols is 1. The highest BCUT2D eigenvalue weighted by molar-refractivity contribution is 9.10. The Balaban J connectivity index is 1.53. The molecule has 0 atom stereocenters. The Morgan fingerprint density at radius 2 is 1.93 bits per heavy atom. The number of nitrogens with zero attached hydrogens (tertiary/aromatic N) is 2. The van der Waals surface area contributed by atoms with E-state index in [1.54, 1.807) is 36.4 Å². The molecule has 1 aromatic heterocycles. The number of amides is 1. The van der Waals surface area contributed by atoms with E-state index in [9.17, 15) is 9.90 Å². The van der Waals surface area contributed by atoms with Gasteiger partial charge in [0.1, 0.15) is 11.6 Å². The number of aromatic amines is 1. The number of halogens is 1. The first-order valence-corrected chi connectivity index (χ1v) is 9.26. The highest BCUT2D eigenvalue weighted by Gasteiger charge is 2.09. The number of rotatable bonds is 4. The maximum absolute atomic E-state index is 12.4. The molecule has 0 bridgehead atoms. The third kappa shape index (κ3) is 3.79. The van der Waals surface area contributed by atoms with Crippen LogP contribution in [0, 0.1) is 0 Å². The van der Waals surface area contributed by atoms with Crippen molar-refractivity contribution in [3.05, 3.63) is 82.3 Å². The van der Waals surface area contributed by atoms with Crippen molar-refractivity contribution in [2.75, 3.05) is 0 Å². The van der Waals surface area contributed by atoms with E-state index in [0.717, 1.165) is 26.9 Å². The summed E-state index contributed by atoms with van der Waals surface area (Å²) in [5.41, 5.74) is 5.92. The number of phenolic OH excluding ortho intramolecular Hbond substituents is 1. The molecule has 0 spiro atoms. The maximum atomic E-state index is 12.4. The van der Waals surface area contributed by atoms with Gasteiger partial charge in [0.05, 0.1) is 17.2 Å². The Bertz CT molecular complexity index is 1190. The maximum Gasteiger partial charge on any atom is 0.271 e. The average Bonchev–Trinajstić information content (AvgIpc) is 3.14. The number of hydrogen-bond donors (Lipinski definition) is 3. The molecular weight excluding hydrogens is 420 g/mol. The minimum Gasteiger partial charge on any atom is -0.507 e. The Morgan fingerprint density at radius 3 is 2.75 bits per heavy atom. The van der Waals surface area contributed by atoms with Gasteiger partial charge < -0.3 is 10.1 Å². The molecular formula is C21H15BrN4O2. The van der Waals surface area contributed by atoms with Crippen LogP contribution in [0.4, 0.5) is 0 Å².